The van der Waals surface area contributed by atoms with Crippen molar-refractivity contribution < 1.29 is 19.4 Å². The number of unbranched alkanes of at least 4 members (excludes halogenated alkanes) is 29. The maximum atomic E-state index is 11.1. The third-order valence-corrected chi connectivity index (χ3v) is 8.37. The molecule has 0 aliphatic carbocycles. The first kappa shape index (κ1) is 44.5. The maximum absolute atomic E-state index is 11.1. The van der Waals surface area contributed by atoms with Crippen molar-refractivity contribution in [3.8, 4) is 0 Å². The Morgan fingerprint density at radius 3 is 1.07 bits per heavy atom. The van der Waals surface area contributed by atoms with Gasteiger partial charge in [0.1, 0.15) is 0 Å². The van der Waals surface area contributed by atoms with Gasteiger partial charge in [-0.2, -0.15) is 0 Å². The molecule has 0 saturated heterocycles. The van der Waals surface area contributed by atoms with Crippen LogP contribution in [0.5, 0.6) is 0 Å². The van der Waals surface area contributed by atoms with E-state index in [9.17, 15) is 9.59 Å². The van der Waals surface area contributed by atoms with Crippen LogP contribution in [0.15, 0.2) is 24.8 Å². The molecule has 0 spiro atoms. The lowest BCUT2D eigenvalue weighted by Gasteiger charge is -2.04. The Labute approximate surface area is 275 Å². The van der Waals surface area contributed by atoms with Crippen molar-refractivity contribution >= 4 is 11.9 Å². The highest BCUT2D eigenvalue weighted by atomic mass is 16.5. The van der Waals surface area contributed by atoms with Crippen molar-refractivity contribution in [3.05, 3.63) is 24.8 Å². The van der Waals surface area contributed by atoms with E-state index in [0.717, 1.165) is 25.0 Å². The molecular formula is C40H76O4. The van der Waals surface area contributed by atoms with Crippen LogP contribution in [0.4, 0.5) is 0 Å². The third kappa shape index (κ3) is 44.9. The second-order valence-corrected chi connectivity index (χ2v) is 12.8. The summed E-state index contributed by atoms with van der Waals surface area (Å²) in [5.41, 5.74) is 0. The number of hydrogen-bond donors (Lipinski definition) is 1. The summed E-state index contributed by atoms with van der Waals surface area (Å²) in [6.45, 7) is 8.69. The second kappa shape index (κ2) is 41.4. The number of carboxylic acid groups (broad SMARTS) is 1. The number of allylic oxidation sites excluding steroid dienone is 1. The topological polar surface area (TPSA) is 63.6 Å². The zero-order valence-corrected chi connectivity index (χ0v) is 29.7. The van der Waals surface area contributed by atoms with Crippen molar-refractivity contribution in [2.24, 2.45) is 0 Å². The molecule has 4 heteroatoms. The van der Waals surface area contributed by atoms with Crippen molar-refractivity contribution in [1.29, 1.82) is 0 Å². The quantitative estimate of drug-likeness (QED) is 0.0336. The molecule has 0 atom stereocenters. The number of esters is 1. The number of carboxylic acids is 1. The molecule has 0 fully saturated rings. The zero-order valence-electron chi connectivity index (χ0n) is 29.7. The Morgan fingerprint density at radius 2 is 0.773 bits per heavy atom. The molecule has 0 radical (unpaired) electrons. The van der Waals surface area contributed by atoms with Crippen LogP contribution in [0.25, 0.3) is 0 Å². The standard InChI is InChI=1S/C22H40O4.C18H36/c1-2-3-4-5-6-7-8-9-10-11-12-13-14-15-16-17-20-26-22(25)19-18-21(23)24;1-3-5-7-9-11-13-15-17-18-16-14-12-10-8-6-4-2/h18-19H,2-17,20H2,1H3,(H,23,24);3H,1,4-18H2,2H3/b19-18-;. The number of hydrogen-bond acceptors (Lipinski definition) is 3. The van der Waals surface area contributed by atoms with Crippen LogP contribution in [0, 0.1) is 0 Å². The Kier molecular flexibility index (Phi) is 41.9. The molecule has 0 aliphatic heterocycles. The van der Waals surface area contributed by atoms with E-state index in [1.165, 1.54) is 186 Å². The zero-order chi connectivity index (χ0) is 32.6. The van der Waals surface area contributed by atoms with Gasteiger partial charge in [-0.05, 0) is 19.3 Å². The molecule has 0 unspecified atom stereocenters. The number of carbonyl (C=O) groups is 2. The highest BCUT2D eigenvalue weighted by molar-refractivity contribution is 5.90. The fraction of sp³-hybridized carbons (Fsp3) is 0.850. The maximum Gasteiger partial charge on any atom is 0.331 e. The van der Waals surface area contributed by atoms with Crippen molar-refractivity contribution in [3.63, 3.8) is 0 Å². The molecule has 4 nitrogen and oxygen atoms in total. The Balaban J connectivity index is 0. The molecule has 260 valence electrons. The minimum absolute atomic E-state index is 0.376. The smallest absolute Gasteiger partial charge is 0.331 e. The minimum atomic E-state index is -1.13. The first-order chi connectivity index (χ1) is 21.6. The molecule has 44 heavy (non-hydrogen) atoms. The highest BCUT2D eigenvalue weighted by Gasteiger charge is 1.99. The van der Waals surface area contributed by atoms with Crippen LogP contribution in [0.1, 0.15) is 213 Å². The Morgan fingerprint density at radius 1 is 0.477 bits per heavy atom. The van der Waals surface area contributed by atoms with E-state index in [1.54, 1.807) is 0 Å². The summed E-state index contributed by atoms with van der Waals surface area (Å²) in [5.74, 6) is -1.71. The lowest BCUT2D eigenvalue weighted by Crippen LogP contribution is -2.03. The van der Waals surface area contributed by atoms with Gasteiger partial charge >= 0.3 is 11.9 Å². The summed E-state index contributed by atoms with van der Waals surface area (Å²) in [4.78, 5) is 21.4. The van der Waals surface area contributed by atoms with Crippen molar-refractivity contribution in [1.82, 2.24) is 0 Å². The monoisotopic (exact) mass is 621 g/mol. The number of rotatable bonds is 34. The van der Waals surface area contributed by atoms with Crippen LogP contribution < -0.4 is 0 Å². The van der Waals surface area contributed by atoms with Gasteiger partial charge in [0, 0.05) is 12.2 Å². The molecule has 0 aromatic carbocycles. The van der Waals surface area contributed by atoms with Gasteiger partial charge in [-0.15, -0.1) is 6.58 Å². The summed E-state index contributed by atoms with van der Waals surface area (Å²) in [6.07, 6.45) is 46.2. The van der Waals surface area contributed by atoms with Gasteiger partial charge in [-0.25, -0.2) is 9.59 Å². The highest BCUT2D eigenvalue weighted by Crippen LogP contribution is 2.15. The van der Waals surface area contributed by atoms with Gasteiger partial charge in [0.25, 0.3) is 0 Å². The summed E-state index contributed by atoms with van der Waals surface area (Å²) in [5, 5.41) is 8.39. The summed E-state index contributed by atoms with van der Waals surface area (Å²) < 4.78 is 4.92. The van der Waals surface area contributed by atoms with Gasteiger partial charge < -0.3 is 9.84 Å². The average Bonchev–Trinajstić information content (AvgIpc) is 3.02. The van der Waals surface area contributed by atoms with E-state index in [1.807, 2.05) is 6.08 Å². The fourth-order valence-electron chi connectivity index (χ4n) is 5.49. The number of ether oxygens (including phenoxy) is 1. The Hall–Kier alpha value is -1.58. The fourth-order valence-corrected chi connectivity index (χ4v) is 5.49. The third-order valence-electron chi connectivity index (χ3n) is 8.37. The molecule has 0 amide bonds. The van der Waals surface area contributed by atoms with E-state index in [0.29, 0.717) is 6.61 Å². The molecule has 0 aromatic heterocycles. The lowest BCUT2D eigenvalue weighted by molar-refractivity contribution is -0.138. The van der Waals surface area contributed by atoms with E-state index in [4.69, 9.17) is 9.84 Å². The number of aliphatic carboxylic acids is 1. The number of carbonyl (C=O) groups excluding carboxylic acids is 1. The van der Waals surface area contributed by atoms with Gasteiger partial charge in [0.2, 0.25) is 0 Å². The summed E-state index contributed by atoms with van der Waals surface area (Å²) >= 11 is 0. The molecule has 0 rings (SSSR count). The van der Waals surface area contributed by atoms with E-state index in [-0.39, 0.29) is 0 Å². The molecule has 0 aromatic rings. The van der Waals surface area contributed by atoms with Gasteiger partial charge in [0.05, 0.1) is 6.61 Å². The summed E-state index contributed by atoms with van der Waals surface area (Å²) in [7, 11) is 0. The van der Waals surface area contributed by atoms with Crippen LogP contribution in [0.3, 0.4) is 0 Å². The van der Waals surface area contributed by atoms with Crippen LogP contribution in [0.2, 0.25) is 0 Å². The normalized spacial score (nSPS) is 11.0. The molecule has 1 N–H and O–H groups in total. The van der Waals surface area contributed by atoms with Crippen LogP contribution in [-0.4, -0.2) is 23.7 Å². The first-order valence-corrected chi connectivity index (χ1v) is 19.3. The lowest BCUT2D eigenvalue weighted by atomic mass is 10.0. The van der Waals surface area contributed by atoms with Crippen LogP contribution >= 0.6 is 0 Å². The molecule has 0 aliphatic rings. The summed E-state index contributed by atoms with van der Waals surface area (Å²) in [6, 6.07) is 0. The second-order valence-electron chi connectivity index (χ2n) is 12.8. The molecule has 0 saturated carbocycles. The molecule has 0 bridgehead atoms. The van der Waals surface area contributed by atoms with Crippen LogP contribution in [-0.2, 0) is 14.3 Å². The van der Waals surface area contributed by atoms with Gasteiger partial charge in [-0.1, -0.05) is 200 Å². The largest absolute Gasteiger partial charge is 0.478 e. The first-order valence-electron chi connectivity index (χ1n) is 19.3. The van der Waals surface area contributed by atoms with Gasteiger partial charge in [0.15, 0.2) is 0 Å². The molecular weight excluding hydrogens is 544 g/mol. The van der Waals surface area contributed by atoms with Gasteiger partial charge in [-0.3, -0.25) is 0 Å². The minimum Gasteiger partial charge on any atom is -0.478 e. The van der Waals surface area contributed by atoms with Crippen molar-refractivity contribution in [2.45, 2.75) is 213 Å². The van der Waals surface area contributed by atoms with E-state index >= 15 is 0 Å². The van der Waals surface area contributed by atoms with E-state index < -0.39 is 11.9 Å². The SMILES string of the molecule is C=CCCCCCCCCCCCCCCCC.CCCCCCCCCCCCCCCCCCOC(=O)/C=C\C(=O)O. The predicted molar refractivity (Wildman–Crippen MR) is 192 cm³/mol. The van der Waals surface area contributed by atoms with Crippen molar-refractivity contribution in [2.75, 3.05) is 6.61 Å². The molecule has 0 heterocycles. The van der Waals surface area contributed by atoms with E-state index in [2.05, 4.69) is 20.4 Å². The average molecular weight is 621 g/mol. The Bertz CT molecular complexity index is 612. The predicted octanol–water partition coefficient (Wildman–Crippen LogP) is 13.5.